The highest BCUT2D eigenvalue weighted by atomic mass is 14.9. The summed E-state index contributed by atoms with van der Waals surface area (Å²) in [6.07, 6.45) is 5.38. The maximum absolute atomic E-state index is 3.45. The first-order chi connectivity index (χ1) is 7.29. The third-order valence-electron chi connectivity index (χ3n) is 3.61. The van der Waals surface area contributed by atoms with Crippen molar-refractivity contribution < 1.29 is 0 Å². The fraction of sp³-hybridized carbons (Fsp3) is 0.571. The molecule has 0 heterocycles. The Morgan fingerprint density at radius 2 is 2.20 bits per heavy atom. The van der Waals surface area contributed by atoms with Crippen molar-refractivity contribution in [2.75, 3.05) is 7.05 Å². The van der Waals surface area contributed by atoms with Gasteiger partial charge in [-0.15, -0.1) is 0 Å². The van der Waals surface area contributed by atoms with E-state index in [0.29, 0.717) is 0 Å². The molecule has 1 aromatic carbocycles. The monoisotopic (exact) mass is 203 g/mol. The van der Waals surface area contributed by atoms with E-state index in [2.05, 4.69) is 43.6 Å². The van der Waals surface area contributed by atoms with Gasteiger partial charge in [0.15, 0.2) is 0 Å². The van der Waals surface area contributed by atoms with Gasteiger partial charge in [-0.05, 0) is 44.7 Å². The molecule has 1 aromatic rings. The maximum atomic E-state index is 3.45. The van der Waals surface area contributed by atoms with Gasteiger partial charge in [0.1, 0.15) is 0 Å². The molecule has 0 spiro atoms. The Morgan fingerprint density at radius 1 is 1.33 bits per heavy atom. The van der Waals surface area contributed by atoms with Gasteiger partial charge < -0.3 is 5.32 Å². The molecule has 2 atom stereocenters. The zero-order valence-electron chi connectivity index (χ0n) is 9.79. The Hall–Kier alpha value is -0.820. The molecule has 2 unspecified atom stereocenters. The van der Waals surface area contributed by atoms with Crippen molar-refractivity contribution in [3.8, 4) is 0 Å². The molecule has 0 radical (unpaired) electrons. The summed E-state index contributed by atoms with van der Waals surface area (Å²) in [5.74, 6) is 0.844. The molecule has 82 valence electrons. The van der Waals surface area contributed by atoms with Gasteiger partial charge in [0.25, 0.3) is 0 Å². The van der Waals surface area contributed by atoms with Crippen LogP contribution in [0.4, 0.5) is 0 Å². The van der Waals surface area contributed by atoms with E-state index in [-0.39, 0.29) is 0 Å². The van der Waals surface area contributed by atoms with E-state index in [4.69, 9.17) is 0 Å². The van der Waals surface area contributed by atoms with Crippen LogP contribution < -0.4 is 5.32 Å². The van der Waals surface area contributed by atoms with E-state index in [0.717, 1.165) is 12.0 Å². The normalized spacial score (nSPS) is 25.7. The summed E-state index contributed by atoms with van der Waals surface area (Å²) in [5.41, 5.74) is 2.88. The minimum atomic E-state index is 0.741. The summed E-state index contributed by atoms with van der Waals surface area (Å²) < 4.78 is 0. The first-order valence-electron chi connectivity index (χ1n) is 6.02. The Balaban J connectivity index is 2.02. The highest BCUT2D eigenvalue weighted by Gasteiger charge is 2.25. The zero-order chi connectivity index (χ0) is 10.7. The van der Waals surface area contributed by atoms with Crippen molar-refractivity contribution in [1.29, 1.82) is 0 Å². The summed E-state index contributed by atoms with van der Waals surface area (Å²) in [6, 6.07) is 9.68. The van der Waals surface area contributed by atoms with Crippen LogP contribution in [0.25, 0.3) is 0 Å². The second-order valence-corrected chi connectivity index (χ2v) is 4.78. The zero-order valence-corrected chi connectivity index (χ0v) is 9.79. The molecule has 1 heteroatoms. The minimum absolute atomic E-state index is 0.741. The molecule has 0 saturated heterocycles. The third-order valence-corrected chi connectivity index (χ3v) is 3.61. The fourth-order valence-corrected chi connectivity index (χ4v) is 2.80. The summed E-state index contributed by atoms with van der Waals surface area (Å²) in [6.45, 7) is 2.17. The number of aryl methyl sites for hydroxylation is 1. The summed E-state index contributed by atoms with van der Waals surface area (Å²) in [5, 5.41) is 3.45. The van der Waals surface area contributed by atoms with Crippen LogP contribution in [0.5, 0.6) is 0 Å². The second kappa shape index (κ2) is 4.80. The molecule has 1 aliphatic rings. The molecule has 0 aliphatic heterocycles. The van der Waals surface area contributed by atoms with E-state index in [9.17, 15) is 0 Å². The van der Waals surface area contributed by atoms with Crippen molar-refractivity contribution in [3.63, 3.8) is 0 Å². The van der Waals surface area contributed by atoms with Crippen molar-refractivity contribution >= 4 is 0 Å². The van der Waals surface area contributed by atoms with E-state index in [1.54, 1.807) is 0 Å². The van der Waals surface area contributed by atoms with Crippen molar-refractivity contribution in [3.05, 3.63) is 35.4 Å². The van der Waals surface area contributed by atoms with Crippen molar-refractivity contribution in [2.45, 2.75) is 38.6 Å². The van der Waals surface area contributed by atoms with Crippen LogP contribution in [0.3, 0.4) is 0 Å². The predicted octanol–water partition coefficient (Wildman–Crippen LogP) is 2.93. The lowest BCUT2D eigenvalue weighted by Gasteiger charge is -2.19. The predicted molar refractivity (Wildman–Crippen MR) is 65.1 cm³/mol. The minimum Gasteiger partial charge on any atom is -0.317 e. The largest absolute Gasteiger partial charge is 0.317 e. The van der Waals surface area contributed by atoms with Crippen LogP contribution in [0.1, 0.15) is 30.4 Å². The number of rotatable bonds is 3. The van der Waals surface area contributed by atoms with Gasteiger partial charge in [-0.3, -0.25) is 0 Å². The SMILES string of the molecule is CNC1CCCC1Cc1cccc(C)c1. The number of hydrogen-bond acceptors (Lipinski definition) is 1. The first kappa shape index (κ1) is 10.7. The molecular formula is C14H21N. The van der Waals surface area contributed by atoms with E-state index in [1.165, 1.54) is 36.8 Å². The van der Waals surface area contributed by atoms with Crippen molar-refractivity contribution in [2.24, 2.45) is 5.92 Å². The maximum Gasteiger partial charge on any atom is 0.00955 e. The van der Waals surface area contributed by atoms with E-state index in [1.807, 2.05) is 0 Å². The molecule has 1 N–H and O–H groups in total. The molecule has 0 bridgehead atoms. The van der Waals surface area contributed by atoms with E-state index < -0.39 is 0 Å². The summed E-state index contributed by atoms with van der Waals surface area (Å²) in [7, 11) is 2.10. The number of hydrogen-bond donors (Lipinski definition) is 1. The Kier molecular flexibility index (Phi) is 3.42. The number of nitrogens with one attached hydrogen (secondary N) is 1. The first-order valence-corrected chi connectivity index (χ1v) is 6.02. The van der Waals surface area contributed by atoms with Crippen LogP contribution in [-0.4, -0.2) is 13.1 Å². The standard InChI is InChI=1S/C14H21N/c1-11-5-3-6-12(9-11)10-13-7-4-8-14(13)15-2/h3,5-6,9,13-15H,4,7-8,10H2,1-2H3. The highest BCUT2D eigenvalue weighted by Crippen LogP contribution is 2.28. The molecule has 1 fully saturated rings. The summed E-state index contributed by atoms with van der Waals surface area (Å²) in [4.78, 5) is 0. The van der Waals surface area contributed by atoms with Gasteiger partial charge in [0.2, 0.25) is 0 Å². The van der Waals surface area contributed by atoms with Crippen LogP contribution in [-0.2, 0) is 6.42 Å². The van der Waals surface area contributed by atoms with Gasteiger partial charge in [0, 0.05) is 6.04 Å². The fourth-order valence-electron chi connectivity index (χ4n) is 2.80. The van der Waals surface area contributed by atoms with Crippen molar-refractivity contribution in [1.82, 2.24) is 5.32 Å². The molecule has 1 aliphatic carbocycles. The molecule has 15 heavy (non-hydrogen) atoms. The van der Waals surface area contributed by atoms with Crippen LogP contribution >= 0.6 is 0 Å². The van der Waals surface area contributed by atoms with Gasteiger partial charge in [-0.1, -0.05) is 36.2 Å². The van der Waals surface area contributed by atoms with Crippen LogP contribution in [0.15, 0.2) is 24.3 Å². The van der Waals surface area contributed by atoms with Gasteiger partial charge in [-0.25, -0.2) is 0 Å². The second-order valence-electron chi connectivity index (χ2n) is 4.78. The topological polar surface area (TPSA) is 12.0 Å². The van der Waals surface area contributed by atoms with E-state index >= 15 is 0 Å². The molecule has 0 amide bonds. The molecular weight excluding hydrogens is 182 g/mol. The summed E-state index contributed by atoms with van der Waals surface area (Å²) >= 11 is 0. The average molecular weight is 203 g/mol. The van der Waals surface area contributed by atoms with Crippen LogP contribution in [0, 0.1) is 12.8 Å². The Labute approximate surface area is 92.9 Å². The lowest BCUT2D eigenvalue weighted by molar-refractivity contribution is 0.423. The lowest BCUT2D eigenvalue weighted by atomic mass is 9.94. The molecule has 0 aromatic heterocycles. The number of benzene rings is 1. The van der Waals surface area contributed by atoms with Crippen LogP contribution in [0.2, 0.25) is 0 Å². The highest BCUT2D eigenvalue weighted by molar-refractivity contribution is 5.23. The average Bonchev–Trinajstić information content (AvgIpc) is 2.65. The van der Waals surface area contributed by atoms with Gasteiger partial charge in [0.05, 0.1) is 0 Å². The smallest absolute Gasteiger partial charge is 0.00955 e. The lowest BCUT2D eigenvalue weighted by Crippen LogP contribution is -2.30. The Bertz CT molecular complexity index is 319. The quantitative estimate of drug-likeness (QED) is 0.796. The molecule has 1 saturated carbocycles. The van der Waals surface area contributed by atoms with Gasteiger partial charge >= 0.3 is 0 Å². The van der Waals surface area contributed by atoms with Gasteiger partial charge in [-0.2, -0.15) is 0 Å². The third kappa shape index (κ3) is 2.60. The molecule has 1 nitrogen and oxygen atoms in total. The Morgan fingerprint density at radius 3 is 2.93 bits per heavy atom. The molecule has 2 rings (SSSR count).